The molecule has 0 aliphatic heterocycles. The van der Waals surface area contributed by atoms with E-state index in [1.165, 1.54) is 0 Å². The van der Waals surface area contributed by atoms with Gasteiger partial charge in [-0.2, -0.15) is 0 Å². The summed E-state index contributed by atoms with van der Waals surface area (Å²) in [5.74, 6) is 1.57. The van der Waals surface area contributed by atoms with E-state index >= 15 is 0 Å². The molecule has 1 fully saturated rings. The molecule has 0 radical (unpaired) electrons. The van der Waals surface area contributed by atoms with Crippen LogP contribution in [0.5, 0.6) is 0 Å². The fraction of sp³-hybridized carbons (Fsp3) is 0.625. The third-order valence-electron chi connectivity index (χ3n) is 3.77. The van der Waals surface area contributed by atoms with Gasteiger partial charge in [-0.05, 0) is 43.7 Å². The van der Waals surface area contributed by atoms with Crippen molar-refractivity contribution >= 4 is 11.7 Å². The molecular formula is C16H25N3O. The van der Waals surface area contributed by atoms with Gasteiger partial charge in [0.1, 0.15) is 5.82 Å². The summed E-state index contributed by atoms with van der Waals surface area (Å²) in [6, 6.07) is 4.10. The van der Waals surface area contributed by atoms with Crippen LogP contribution in [0.4, 0.5) is 5.82 Å². The summed E-state index contributed by atoms with van der Waals surface area (Å²) in [5, 5.41) is 6.36. The Labute approximate surface area is 121 Å². The number of aryl methyl sites for hydroxylation is 1. The summed E-state index contributed by atoms with van der Waals surface area (Å²) in [4.78, 5) is 16.8. The van der Waals surface area contributed by atoms with Gasteiger partial charge in [-0.25, -0.2) is 4.98 Å². The zero-order chi connectivity index (χ0) is 14.5. The number of aromatic nitrogens is 1. The number of hydrogen-bond donors (Lipinski definition) is 2. The van der Waals surface area contributed by atoms with Crippen LogP contribution >= 0.6 is 0 Å². The van der Waals surface area contributed by atoms with Gasteiger partial charge in [0.2, 0.25) is 0 Å². The highest BCUT2D eigenvalue weighted by atomic mass is 16.1. The van der Waals surface area contributed by atoms with Gasteiger partial charge >= 0.3 is 0 Å². The number of carbonyl (C=O) groups is 1. The van der Waals surface area contributed by atoms with E-state index in [0.29, 0.717) is 6.04 Å². The molecule has 1 amide bonds. The molecule has 1 saturated carbocycles. The third-order valence-corrected chi connectivity index (χ3v) is 3.77. The third kappa shape index (κ3) is 3.71. The SMILES string of the molecule is CCCNc1cc(C(=O)NC2CC(C)C2)cc(CC)n1. The fourth-order valence-electron chi connectivity index (χ4n) is 2.53. The molecule has 0 spiro atoms. The highest BCUT2D eigenvalue weighted by Gasteiger charge is 2.27. The molecule has 1 aliphatic carbocycles. The van der Waals surface area contributed by atoms with Crippen LogP contribution in [-0.2, 0) is 6.42 Å². The van der Waals surface area contributed by atoms with Crippen molar-refractivity contribution in [2.75, 3.05) is 11.9 Å². The van der Waals surface area contributed by atoms with E-state index in [1.54, 1.807) is 0 Å². The predicted molar refractivity (Wildman–Crippen MR) is 82.0 cm³/mol. The lowest BCUT2D eigenvalue weighted by Gasteiger charge is -2.33. The molecule has 0 aromatic carbocycles. The zero-order valence-electron chi connectivity index (χ0n) is 12.7. The molecule has 110 valence electrons. The van der Waals surface area contributed by atoms with Crippen LogP contribution in [0.2, 0.25) is 0 Å². The lowest BCUT2D eigenvalue weighted by molar-refractivity contribution is 0.0896. The Morgan fingerprint density at radius 1 is 1.35 bits per heavy atom. The molecule has 0 unspecified atom stereocenters. The molecule has 0 atom stereocenters. The number of nitrogens with zero attached hydrogens (tertiary/aromatic N) is 1. The van der Waals surface area contributed by atoms with Gasteiger partial charge in [0.25, 0.3) is 5.91 Å². The van der Waals surface area contributed by atoms with E-state index < -0.39 is 0 Å². The van der Waals surface area contributed by atoms with Gasteiger partial charge in [-0.15, -0.1) is 0 Å². The second kappa shape index (κ2) is 6.73. The molecule has 0 bridgehead atoms. The first-order valence-corrected chi connectivity index (χ1v) is 7.68. The highest BCUT2D eigenvalue weighted by Crippen LogP contribution is 2.26. The van der Waals surface area contributed by atoms with Gasteiger partial charge in [0.05, 0.1) is 0 Å². The Kier molecular flexibility index (Phi) is 4.99. The minimum Gasteiger partial charge on any atom is -0.370 e. The topological polar surface area (TPSA) is 54.0 Å². The molecule has 0 saturated heterocycles. The molecule has 1 heterocycles. The van der Waals surface area contributed by atoms with Crippen LogP contribution in [0.25, 0.3) is 0 Å². The molecule has 2 N–H and O–H groups in total. The summed E-state index contributed by atoms with van der Waals surface area (Å²) in [7, 11) is 0. The highest BCUT2D eigenvalue weighted by molar-refractivity contribution is 5.95. The standard InChI is InChI=1S/C16H25N3O/c1-4-6-17-15-10-12(9-13(5-2)18-15)16(20)19-14-7-11(3)8-14/h9-11,14H,4-8H2,1-3H3,(H,17,18)(H,19,20). The van der Waals surface area contributed by atoms with Crippen molar-refractivity contribution in [3.63, 3.8) is 0 Å². The number of rotatable bonds is 6. The Bertz CT molecular complexity index is 467. The number of carbonyl (C=O) groups excluding carboxylic acids is 1. The van der Waals surface area contributed by atoms with Gasteiger partial charge in [0, 0.05) is 23.8 Å². The summed E-state index contributed by atoms with van der Waals surface area (Å²) < 4.78 is 0. The second-order valence-electron chi connectivity index (χ2n) is 5.76. The molecule has 4 heteroatoms. The minimum absolute atomic E-state index is 0.0264. The van der Waals surface area contributed by atoms with E-state index in [2.05, 4.69) is 36.4 Å². The van der Waals surface area contributed by atoms with E-state index in [0.717, 1.165) is 55.2 Å². The van der Waals surface area contributed by atoms with Crippen molar-refractivity contribution in [3.8, 4) is 0 Å². The Balaban J connectivity index is 2.06. The Morgan fingerprint density at radius 2 is 2.10 bits per heavy atom. The van der Waals surface area contributed by atoms with E-state index in [4.69, 9.17) is 0 Å². The van der Waals surface area contributed by atoms with Gasteiger partial charge in [0.15, 0.2) is 0 Å². The normalized spacial score (nSPS) is 21.1. The van der Waals surface area contributed by atoms with Gasteiger partial charge < -0.3 is 10.6 Å². The lowest BCUT2D eigenvalue weighted by Crippen LogP contribution is -2.43. The maximum absolute atomic E-state index is 12.3. The maximum atomic E-state index is 12.3. The van der Waals surface area contributed by atoms with Crippen LogP contribution < -0.4 is 10.6 Å². The first-order chi connectivity index (χ1) is 9.62. The molecule has 4 nitrogen and oxygen atoms in total. The monoisotopic (exact) mass is 275 g/mol. The smallest absolute Gasteiger partial charge is 0.251 e. The zero-order valence-corrected chi connectivity index (χ0v) is 12.7. The number of amides is 1. The summed E-state index contributed by atoms with van der Waals surface area (Å²) in [5.41, 5.74) is 1.67. The van der Waals surface area contributed by atoms with Crippen LogP contribution in [0.3, 0.4) is 0 Å². The summed E-state index contributed by atoms with van der Waals surface area (Å²) >= 11 is 0. The predicted octanol–water partition coefficient (Wildman–Crippen LogP) is 2.99. The van der Waals surface area contributed by atoms with Crippen LogP contribution in [-0.4, -0.2) is 23.5 Å². The summed E-state index contributed by atoms with van der Waals surface area (Å²) in [6.07, 6.45) is 4.07. The van der Waals surface area contributed by atoms with Crippen LogP contribution in [0, 0.1) is 5.92 Å². The maximum Gasteiger partial charge on any atom is 0.251 e. The minimum atomic E-state index is 0.0264. The number of anilines is 1. The van der Waals surface area contributed by atoms with Gasteiger partial charge in [-0.3, -0.25) is 4.79 Å². The quantitative estimate of drug-likeness (QED) is 0.839. The van der Waals surface area contributed by atoms with Crippen molar-refractivity contribution < 1.29 is 4.79 Å². The van der Waals surface area contributed by atoms with Crippen molar-refractivity contribution in [2.45, 2.75) is 52.5 Å². The van der Waals surface area contributed by atoms with Crippen molar-refractivity contribution in [1.29, 1.82) is 0 Å². The average Bonchev–Trinajstić information content (AvgIpc) is 2.42. The van der Waals surface area contributed by atoms with Gasteiger partial charge in [-0.1, -0.05) is 20.8 Å². The number of nitrogens with one attached hydrogen (secondary N) is 2. The lowest BCUT2D eigenvalue weighted by atomic mass is 9.82. The van der Waals surface area contributed by atoms with Crippen LogP contribution in [0.15, 0.2) is 12.1 Å². The van der Waals surface area contributed by atoms with Crippen LogP contribution in [0.1, 0.15) is 56.1 Å². The van der Waals surface area contributed by atoms with E-state index in [1.807, 2.05) is 12.1 Å². The molecule has 1 aromatic rings. The first kappa shape index (κ1) is 14.8. The molecule has 2 rings (SSSR count). The Morgan fingerprint density at radius 3 is 2.70 bits per heavy atom. The van der Waals surface area contributed by atoms with E-state index in [9.17, 15) is 4.79 Å². The molecule has 20 heavy (non-hydrogen) atoms. The average molecular weight is 275 g/mol. The molecular weight excluding hydrogens is 250 g/mol. The van der Waals surface area contributed by atoms with Crippen molar-refractivity contribution in [2.24, 2.45) is 5.92 Å². The second-order valence-corrected chi connectivity index (χ2v) is 5.76. The van der Waals surface area contributed by atoms with E-state index in [-0.39, 0.29) is 5.91 Å². The molecule has 1 aromatic heterocycles. The number of pyridine rings is 1. The first-order valence-electron chi connectivity index (χ1n) is 7.68. The number of hydrogen-bond acceptors (Lipinski definition) is 3. The molecule has 1 aliphatic rings. The largest absolute Gasteiger partial charge is 0.370 e. The van der Waals surface area contributed by atoms with Crippen molar-refractivity contribution in [1.82, 2.24) is 10.3 Å². The van der Waals surface area contributed by atoms with Crippen molar-refractivity contribution in [3.05, 3.63) is 23.4 Å². The fourth-order valence-corrected chi connectivity index (χ4v) is 2.53. The Hall–Kier alpha value is -1.58. The summed E-state index contributed by atoms with van der Waals surface area (Å²) in [6.45, 7) is 7.27.